The number of ketones is 4. The largest absolute Gasteiger partial charge is 0.862 e. The Morgan fingerprint density at radius 2 is 1.32 bits per heavy atom. The molecule has 3 rings (SSSR count). The van der Waals surface area contributed by atoms with Crippen LogP contribution in [0.4, 0.5) is 4.79 Å². The zero-order chi connectivity index (χ0) is 50.2. The Bertz CT molecular complexity index is 2020. The van der Waals surface area contributed by atoms with Crippen LogP contribution >= 0.6 is 43.2 Å². The van der Waals surface area contributed by atoms with Gasteiger partial charge in [-0.15, -0.1) is 0 Å². The van der Waals surface area contributed by atoms with E-state index in [1.165, 1.54) is 13.8 Å². The third-order valence-corrected chi connectivity index (χ3v) is 15.2. The number of benzene rings is 1. The molecule has 0 radical (unpaired) electrons. The molecule has 21 nitrogen and oxygen atoms in total. The molecule has 10 N–H and O–H groups in total. The second-order valence-electron chi connectivity index (χ2n) is 16.2. The summed E-state index contributed by atoms with van der Waals surface area (Å²) in [5.74, 6) is -11.5. The maximum Gasteiger partial charge on any atom is 0.304 e. The van der Waals surface area contributed by atoms with E-state index in [4.69, 9.17) is 11.5 Å². The van der Waals surface area contributed by atoms with Gasteiger partial charge < -0.3 is 53.3 Å². The van der Waals surface area contributed by atoms with E-state index in [1.807, 2.05) is 0 Å². The van der Waals surface area contributed by atoms with E-state index in [2.05, 4.69) is 36.6 Å². The summed E-state index contributed by atoms with van der Waals surface area (Å²) in [5, 5.41) is 33.7. The SMILES string of the molecule is CC(=O)[C@@H]1CSSC(=O)N[C@@H](CCCCN=C(C)[O-])C(=O)N[C@H]2CSSC[C@H](NC(=O)[C@H](CC(=O)O)CC(=O)CNC(=O)[C@H](CCCN=C(N)N)CC2=O)C(=O)C[C@@H](Cc2ccccc2)C(=O)N1. The van der Waals surface area contributed by atoms with Gasteiger partial charge in [0.2, 0.25) is 23.6 Å². The van der Waals surface area contributed by atoms with Gasteiger partial charge in [0.25, 0.3) is 5.24 Å². The fourth-order valence-corrected chi connectivity index (χ4v) is 11.3. The molecule has 0 saturated carbocycles. The average molecular weight is 1020 g/mol. The first-order valence-corrected chi connectivity index (χ1v) is 26.7. The molecule has 2 saturated heterocycles. The highest BCUT2D eigenvalue weighted by atomic mass is 33.1. The molecule has 1 aromatic rings. The zero-order valence-corrected chi connectivity index (χ0v) is 41.1. The van der Waals surface area contributed by atoms with Gasteiger partial charge >= 0.3 is 5.97 Å². The van der Waals surface area contributed by atoms with Gasteiger partial charge in [0, 0.05) is 72.2 Å². The third kappa shape index (κ3) is 21.9. The van der Waals surface area contributed by atoms with Crippen molar-refractivity contribution in [2.45, 2.75) is 102 Å². The molecule has 2 aliphatic rings. The lowest BCUT2D eigenvalue weighted by atomic mass is 9.90. The quantitative estimate of drug-likeness (QED) is 0.0543. The molecule has 0 aliphatic carbocycles. The zero-order valence-electron chi connectivity index (χ0n) is 37.9. The number of aliphatic imine (C=N–C) groups is 2. The molecule has 0 unspecified atom stereocenters. The van der Waals surface area contributed by atoms with Gasteiger partial charge in [-0.25, -0.2) is 0 Å². The van der Waals surface area contributed by atoms with Gasteiger partial charge in [-0.05, 0) is 63.8 Å². The predicted octanol–water partition coefficient (Wildman–Crippen LogP) is 0.460. The summed E-state index contributed by atoms with van der Waals surface area (Å²) in [6, 6.07) is 3.79. The predicted molar refractivity (Wildman–Crippen MR) is 260 cm³/mol. The topological polar surface area (TPSA) is 351 Å². The highest BCUT2D eigenvalue weighted by Gasteiger charge is 2.35. The first kappa shape index (κ1) is 57.2. The number of unbranched alkanes of at least 4 members (excludes halogenated alkanes) is 1. The Morgan fingerprint density at radius 1 is 0.706 bits per heavy atom. The van der Waals surface area contributed by atoms with Crippen molar-refractivity contribution >= 4 is 113 Å². The Balaban J connectivity index is 2.14. The normalized spacial score (nSPS) is 25.0. The number of fused-ring (bicyclic) bond motifs is 5. The minimum atomic E-state index is -1.47. The van der Waals surface area contributed by atoms with Crippen LogP contribution in [0.15, 0.2) is 40.3 Å². The molecule has 68 heavy (non-hydrogen) atoms. The van der Waals surface area contributed by atoms with Gasteiger partial charge in [-0.2, -0.15) is 0 Å². The Kier molecular flexibility index (Phi) is 25.5. The molecule has 25 heteroatoms. The van der Waals surface area contributed by atoms with Crippen molar-refractivity contribution in [2.24, 2.45) is 39.2 Å². The second kappa shape index (κ2) is 30.4. The Morgan fingerprint density at radius 3 is 1.94 bits per heavy atom. The van der Waals surface area contributed by atoms with Crippen molar-refractivity contribution in [3.63, 3.8) is 0 Å². The van der Waals surface area contributed by atoms with E-state index in [-0.39, 0.29) is 67.9 Å². The van der Waals surface area contributed by atoms with Crippen LogP contribution in [-0.4, -0.2) is 136 Å². The highest BCUT2D eigenvalue weighted by molar-refractivity contribution is 8.82. The molecular weight excluding hydrogens is 963 g/mol. The molecule has 0 spiro atoms. The molecule has 2 fully saturated rings. The number of nitrogens with two attached hydrogens (primary N) is 2. The summed E-state index contributed by atoms with van der Waals surface area (Å²) in [6.07, 6.45) is -1.21. The van der Waals surface area contributed by atoms with Crippen molar-refractivity contribution in [1.29, 1.82) is 0 Å². The molecule has 2 heterocycles. The van der Waals surface area contributed by atoms with Gasteiger partial charge in [0.15, 0.2) is 29.1 Å². The van der Waals surface area contributed by atoms with Crippen molar-refractivity contribution in [3.05, 3.63) is 35.9 Å². The fraction of sp³-hybridized carbons (Fsp3) is 0.581. The number of rotatable bonds is 14. The number of hydrogen-bond acceptors (Lipinski definition) is 17. The van der Waals surface area contributed by atoms with E-state index in [0.29, 0.717) is 29.2 Å². The first-order chi connectivity index (χ1) is 32.3. The molecule has 2 bridgehead atoms. The number of nitrogens with one attached hydrogen (secondary N) is 5. The minimum Gasteiger partial charge on any atom is -0.862 e. The van der Waals surface area contributed by atoms with Crippen LogP contribution in [0.5, 0.6) is 0 Å². The van der Waals surface area contributed by atoms with E-state index < -0.39 is 132 Å². The van der Waals surface area contributed by atoms with Crippen LogP contribution in [0.25, 0.3) is 0 Å². The number of carboxylic acids is 1. The smallest absolute Gasteiger partial charge is 0.304 e. The van der Waals surface area contributed by atoms with Crippen molar-refractivity contribution in [3.8, 4) is 0 Å². The average Bonchev–Trinajstić information content (AvgIpc) is 3.27. The summed E-state index contributed by atoms with van der Waals surface area (Å²) in [4.78, 5) is 144. The standard InChI is InChI=1S/C43H61N9O12S4/c1-24(53)32-21-67-68-43(64)52-31(12-6-7-13-46-25(2)54)41(63)51-34-23-66-65-22-33(36(57)18-28(39(61)49-32)15-26-9-4-3-5-10-26)50-40(62)29(19-37(58)59)16-30(55)20-48-38(60)27(17-35(34)56)11-8-14-47-42(44)45/h3-5,9-10,27-29,31-34H,6-8,11-23H2,1-2H3,(H,46,54)(H,48,60)(H,49,61)(H,50,62)(H,51,63)(H,52,64)(H,58,59)(H4,44,45,47)/p-1/t27-,28-,29+,31+,32+,33+,34+/m1/s1. The lowest BCUT2D eigenvalue weighted by Crippen LogP contribution is -2.52. The molecule has 2 aliphatic heterocycles. The first-order valence-electron chi connectivity index (χ1n) is 21.9. The molecule has 374 valence electrons. The highest BCUT2D eigenvalue weighted by Crippen LogP contribution is 2.28. The molecule has 7 atom stereocenters. The number of hydrogen-bond donors (Lipinski definition) is 8. The van der Waals surface area contributed by atoms with Crippen molar-refractivity contribution in [1.82, 2.24) is 26.6 Å². The van der Waals surface area contributed by atoms with Crippen LogP contribution < -0.4 is 43.2 Å². The van der Waals surface area contributed by atoms with Crippen LogP contribution in [0, 0.1) is 17.8 Å². The molecular formula is C43H60N9O12S4-. The van der Waals surface area contributed by atoms with E-state index >= 15 is 0 Å². The lowest BCUT2D eigenvalue weighted by Gasteiger charge is -2.25. The molecule has 1 aromatic carbocycles. The number of guanidine groups is 1. The second-order valence-corrected chi connectivity index (χ2v) is 21.1. The summed E-state index contributed by atoms with van der Waals surface area (Å²) in [6.45, 7) is 2.19. The fourth-order valence-electron chi connectivity index (χ4n) is 7.01. The minimum absolute atomic E-state index is 0.0424. The Labute approximate surface area is 410 Å². The monoisotopic (exact) mass is 1020 g/mol. The number of nitrogens with zero attached hydrogens (tertiary/aromatic N) is 2. The van der Waals surface area contributed by atoms with Gasteiger partial charge in [-0.1, -0.05) is 62.7 Å². The maximum atomic E-state index is 14.4. The van der Waals surface area contributed by atoms with E-state index in [0.717, 1.165) is 32.4 Å². The molecule has 0 aromatic heterocycles. The number of carbonyl (C=O) groups is 10. The van der Waals surface area contributed by atoms with Gasteiger partial charge in [0.05, 0.1) is 37.0 Å². The van der Waals surface area contributed by atoms with E-state index in [1.54, 1.807) is 30.3 Å². The van der Waals surface area contributed by atoms with Crippen LogP contribution in [-0.2, 0) is 49.6 Å². The summed E-state index contributed by atoms with van der Waals surface area (Å²) in [5.41, 5.74) is 11.6. The number of Topliss-reactive ketones (excluding diaryl/α,β-unsaturated/α-hetero) is 4. The summed E-state index contributed by atoms with van der Waals surface area (Å²) >= 11 is 0. The number of carboxylic acid groups (broad SMARTS) is 1. The summed E-state index contributed by atoms with van der Waals surface area (Å²) < 4.78 is 0. The summed E-state index contributed by atoms with van der Waals surface area (Å²) in [7, 11) is 3.67. The number of amides is 5. The van der Waals surface area contributed by atoms with Crippen LogP contribution in [0.2, 0.25) is 0 Å². The number of aliphatic carboxylic acids is 1. The number of carbonyl (C=O) groups excluding carboxylic acids is 9. The van der Waals surface area contributed by atoms with Gasteiger partial charge in [0.1, 0.15) is 6.04 Å². The van der Waals surface area contributed by atoms with Gasteiger partial charge in [-0.3, -0.25) is 52.9 Å². The van der Waals surface area contributed by atoms with E-state index in [9.17, 15) is 58.2 Å². The van der Waals surface area contributed by atoms with Crippen molar-refractivity contribution in [2.75, 3.05) is 36.9 Å². The van der Waals surface area contributed by atoms with Crippen molar-refractivity contribution < 1.29 is 58.2 Å². The third-order valence-electron chi connectivity index (χ3n) is 10.7. The maximum absolute atomic E-state index is 14.4. The Hall–Kier alpha value is -5.14. The van der Waals surface area contributed by atoms with Crippen LogP contribution in [0.3, 0.4) is 0 Å². The van der Waals surface area contributed by atoms with Crippen LogP contribution in [0.1, 0.15) is 77.2 Å². The lowest BCUT2D eigenvalue weighted by molar-refractivity contribution is -0.216. The molecule has 5 amide bonds.